The van der Waals surface area contributed by atoms with E-state index in [-0.39, 0.29) is 22.5 Å². The lowest BCUT2D eigenvalue weighted by molar-refractivity contribution is -0.124. The fourth-order valence-corrected chi connectivity index (χ4v) is 5.89. The molecular weight excluding hydrogens is 531 g/mol. The van der Waals surface area contributed by atoms with Crippen molar-refractivity contribution in [1.29, 1.82) is 0 Å². The number of rotatable bonds is 5. The third-order valence-corrected chi connectivity index (χ3v) is 8.16. The van der Waals surface area contributed by atoms with Crippen LogP contribution in [0.3, 0.4) is 0 Å². The number of anilines is 2. The van der Waals surface area contributed by atoms with Gasteiger partial charge in [0.2, 0.25) is 22.1 Å². The van der Waals surface area contributed by atoms with Crippen molar-refractivity contribution in [3.05, 3.63) is 77.1 Å². The largest absolute Gasteiger partial charge is 0.438 e. The average molecular weight is 559 g/mol. The number of para-hydroxylation sites is 1. The highest BCUT2D eigenvalue weighted by atomic mass is 32.1. The fourth-order valence-electron chi connectivity index (χ4n) is 5.39. The minimum atomic E-state index is -0.956. The first-order chi connectivity index (χ1) is 19.2. The Morgan fingerprint density at radius 3 is 2.58 bits per heavy atom. The maximum Gasteiger partial charge on any atom is 0.256 e. The molecule has 3 N–H and O–H groups in total. The van der Waals surface area contributed by atoms with E-state index in [1.165, 1.54) is 12.1 Å². The molecule has 2 aliphatic rings. The number of benzene rings is 2. The Morgan fingerprint density at radius 1 is 1.07 bits per heavy atom. The number of nitrogens with two attached hydrogens (primary N) is 1. The minimum Gasteiger partial charge on any atom is -0.438 e. The van der Waals surface area contributed by atoms with Gasteiger partial charge in [-0.25, -0.2) is 9.37 Å². The molecule has 9 nitrogen and oxygen atoms in total. The number of carbonyl (C=O) groups is 2. The summed E-state index contributed by atoms with van der Waals surface area (Å²) in [6.45, 7) is 5.00. The molecule has 0 aliphatic carbocycles. The number of aromatic nitrogens is 3. The second-order valence-corrected chi connectivity index (χ2v) is 11.5. The number of carbonyl (C=O) groups excluding carboxylic acids is 2. The monoisotopic (exact) mass is 558 g/mol. The van der Waals surface area contributed by atoms with Gasteiger partial charge >= 0.3 is 0 Å². The van der Waals surface area contributed by atoms with Gasteiger partial charge in [0.25, 0.3) is 5.91 Å². The molecule has 0 bridgehead atoms. The smallest absolute Gasteiger partial charge is 0.256 e. The van der Waals surface area contributed by atoms with Crippen molar-refractivity contribution in [2.45, 2.75) is 32.6 Å². The van der Waals surface area contributed by atoms with E-state index < -0.39 is 17.2 Å². The van der Waals surface area contributed by atoms with E-state index in [4.69, 9.17) is 15.5 Å². The van der Waals surface area contributed by atoms with E-state index in [2.05, 4.69) is 15.5 Å². The van der Waals surface area contributed by atoms with Crippen molar-refractivity contribution >= 4 is 33.4 Å². The molecule has 0 saturated carbocycles. The summed E-state index contributed by atoms with van der Waals surface area (Å²) < 4.78 is 21.3. The second kappa shape index (κ2) is 9.98. The van der Waals surface area contributed by atoms with Crippen LogP contribution in [0.5, 0.6) is 11.6 Å². The maximum atomic E-state index is 15.1. The Labute approximate surface area is 234 Å². The molecule has 2 aromatic carbocycles. The van der Waals surface area contributed by atoms with E-state index in [1.54, 1.807) is 17.0 Å². The summed E-state index contributed by atoms with van der Waals surface area (Å²) in [5, 5.41) is 11.1. The third kappa shape index (κ3) is 4.56. The van der Waals surface area contributed by atoms with Gasteiger partial charge in [-0.05, 0) is 37.1 Å². The molecule has 2 aromatic heterocycles. The highest BCUT2D eigenvalue weighted by Crippen LogP contribution is 2.52. The van der Waals surface area contributed by atoms with E-state index in [9.17, 15) is 9.59 Å². The highest BCUT2D eigenvalue weighted by Gasteiger charge is 2.44. The molecule has 2 aliphatic heterocycles. The predicted molar refractivity (Wildman–Crippen MR) is 150 cm³/mol. The van der Waals surface area contributed by atoms with Gasteiger partial charge in [0.1, 0.15) is 11.6 Å². The fraction of sp³-hybridized carbons (Fsp3) is 0.276. The molecule has 0 unspecified atom stereocenters. The molecule has 4 heterocycles. The van der Waals surface area contributed by atoms with Crippen LogP contribution in [0, 0.1) is 11.2 Å². The summed E-state index contributed by atoms with van der Waals surface area (Å²) in [7, 11) is 0. The summed E-state index contributed by atoms with van der Waals surface area (Å²) in [6, 6.07) is 15.7. The SMILES string of the molecule is CC(C)(C(=O)Nc1nnc(N)s1)[C@H]1c2ccccc2Oc2nc(-c3ccc(C(=O)N4CCCC4)c(F)c3)ccc21. The lowest BCUT2D eigenvalue weighted by Crippen LogP contribution is -2.38. The van der Waals surface area contributed by atoms with Crippen LogP contribution < -0.4 is 15.8 Å². The molecule has 40 heavy (non-hydrogen) atoms. The summed E-state index contributed by atoms with van der Waals surface area (Å²) in [4.78, 5) is 32.7. The number of hydrogen-bond donors (Lipinski definition) is 2. The first-order valence-electron chi connectivity index (χ1n) is 13.0. The zero-order valence-electron chi connectivity index (χ0n) is 22.0. The van der Waals surface area contributed by atoms with Crippen molar-refractivity contribution in [1.82, 2.24) is 20.1 Å². The Balaban J connectivity index is 1.35. The van der Waals surface area contributed by atoms with Crippen LogP contribution in [0.2, 0.25) is 0 Å². The van der Waals surface area contributed by atoms with E-state index in [1.807, 2.05) is 44.2 Å². The zero-order valence-corrected chi connectivity index (χ0v) is 22.8. The first-order valence-corrected chi connectivity index (χ1v) is 13.8. The molecule has 4 aromatic rings. The predicted octanol–water partition coefficient (Wildman–Crippen LogP) is 5.46. The lowest BCUT2D eigenvalue weighted by Gasteiger charge is -2.37. The summed E-state index contributed by atoms with van der Waals surface area (Å²) in [5.41, 5.74) is 7.35. The number of pyridine rings is 1. The molecule has 204 valence electrons. The van der Waals surface area contributed by atoms with Crippen molar-refractivity contribution in [3.63, 3.8) is 0 Å². The molecule has 1 saturated heterocycles. The summed E-state index contributed by atoms with van der Waals surface area (Å²) in [6.07, 6.45) is 1.87. The molecule has 2 amide bonds. The lowest BCUT2D eigenvalue weighted by atomic mass is 9.69. The number of nitrogen functional groups attached to an aromatic ring is 1. The van der Waals surface area contributed by atoms with E-state index >= 15 is 4.39 Å². The Hall–Kier alpha value is -4.38. The summed E-state index contributed by atoms with van der Waals surface area (Å²) in [5.74, 6) is -0.631. The number of nitrogens with one attached hydrogen (secondary N) is 1. The van der Waals surface area contributed by atoms with E-state index in [0.29, 0.717) is 41.1 Å². The van der Waals surface area contributed by atoms with Crippen LogP contribution in [0.25, 0.3) is 11.3 Å². The molecule has 0 spiro atoms. The van der Waals surface area contributed by atoms with Crippen LogP contribution in [-0.2, 0) is 4.79 Å². The Kier molecular flexibility index (Phi) is 6.46. The first kappa shape index (κ1) is 25.9. The van der Waals surface area contributed by atoms with Gasteiger partial charge in [-0.1, -0.05) is 55.5 Å². The van der Waals surface area contributed by atoms with Crippen molar-refractivity contribution in [2.75, 3.05) is 24.1 Å². The number of halogens is 1. The summed E-state index contributed by atoms with van der Waals surface area (Å²) >= 11 is 1.09. The standard InChI is InChI=1S/C29H27FN6O3S/c1-29(2,26(38)33-28-35-34-27(31)40-28)23-18-7-3-4-8-22(18)39-24-19(23)11-12-21(32-24)16-9-10-17(20(30)15-16)25(37)36-13-5-6-14-36/h3-4,7-12,15,23H,5-6,13-14H2,1-2H3,(H2,31,34)(H,33,35,38)/t23-/m0/s1. The maximum absolute atomic E-state index is 15.1. The molecular formula is C29H27FN6O3S. The number of amides is 2. The second-order valence-electron chi connectivity index (χ2n) is 10.5. The van der Waals surface area contributed by atoms with Crippen molar-refractivity contribution < 1.29 is 18.7 Å². The van der Waals surface area contributed by atoms with Gasteiger partial charge in [-0.15, -0.1) is 10.2 Å². The van der Waals surface area contributed by atoms with Crippen molar-refractivity contribution in [2.24, 2.45) is 5.41 Å². The Morgan fingerprint density at radius 2 is 1.85 bits per heavy atom. The molecule has 11 heteroatoms. The molecule has 1 fully saturated rings. The van der Waals surface area contributed by atoms with Crippen LogP contribution in [0.1, 0.15) is 54.1 Å². The van der Waals surface area contributed by atoms with Crippen LogP contribution in [0.15, 0.2) is 54.6 Å². The average Bonchev–Trinajstić information content (AvgIpc) is 3.63. The number of hydrogen-bond acceptors (Lipinski definition) is 8. The number of likely N-dealkylation sites (tertiary alicyclic amines) is 1. The van der Waals surface area contributed by atoms with Gasteiger partial charge in [0, 0.05) is 35.7 Å². The van der Waals surface area contributed by atoms with Gasteiger partial charge in [-0.3, -0.25) is 14.9 Å². The van der Waals surface area contributed by atoms with Crippen LogP contribution in [-0.4, -0.2) is 45.0 Å². The normalized spacial score (nSPS) is 16.2. The van der Waals surface area contributed by atoms with Gasteiger partial charge in [0.15, 0.2) is 0 Å². The molecule has 1 atom stereocenters. The molecule has 0 radical (unpaired) electrons. The topological polar surface area (TPSA) is 123 Å². The number of fused-ring (bicyclic) bond motifs is 2. The van der Waals surface area contributed by atoms with Gasteiger partial charge in [-0.2, -0.15) is 0 Å². The van der Waals surface area contributed by atoms with Crippen molar-refractivity contribution in [3.8, 4) is 22.9 Å². The quantitative estimate of drug-likeness (QED) is 0.333. The Bertz CT molecular complexity index is 1630. The third-order valence-electron chi connectivity index (χ3n) is 7.49. The van der Waals surface area contributed by atoms with Gasteiger partial charge in [0.05, 0.1) is 16.7 Å². The number of nitrogens with zero attached hydrogens (tertiary/aromatic N) is 4. The number of ether oxygens (including phenoxy) is 1. The molecule has 6 rings (SSSR count). The van der Waals surface area contributed by atoms with Crippen LogP contribution >= 0.6 is 11.3 Å². The zero-order chi connectivity index (χ0) is 28.0. The van der Waals surface area contributed by atoms with E-state index in [0.717, 1.165) is 35.3 Å². The highest BCUT2D eigenvalue weighted by molar-refractivity contribution is 7.18. The minimum absolute atomic E-state index is 0.0544. The van der Waals surface area contributed by atoms with Crippen LogP contribution in [0.4, 0.5) is 14.7 Å². The van der Waals surface area contributed by atoms with Gasteiger partial charge < -0.3 is 15.4 Å².